The first-order chi connectivity index (χ1) is 10.1. The lowest BCUT2D eigenvalue weighted by atomic mass is 10.1. The average molecular weight is 288 g/mol. The number of halogens is 1. The molecule has 2 aromatic carbocycles. The van der Waals surface area contributed by atoms with E-state index in [1.807, 2.05) is 30.3 Å². The smallest absolute Gasteiger partial charge is 0.340 e. The number of hydrogen-bond donors (Lipinski definition) is 3. The van der Waals surface area contributed by atoms with Crippen LogP contribution in [0, 0.1) is 5.82 Å². The van der Waals surface area contributed by atoms with Crippen molar-refractivity contribution in [2.45, 2.75) is 12.8 Å². The summed E-state index contributed by atoms with van der Waals surface area (Å²) in [6, 6.07) is 12.6. The van der Waals surface area contributed by atoms with Crippen LogP contribution in [0.1, 0.15) is 22.3 Å². The molecule has 0 atom stereocenters. The number of carbonyl (C=O) groups is 1. The van der Waals surface area contributed by atoms with Crippen molar-refractivity contribution in [1.29, 1.82) is 0 Å². The molecule has 0 saturated heterocycles. The number of anilines is 2. The van der Waals surface area contributed by atoms with Crippen molar-refractivity contribution >= 4 is 17.3 Å². The highest BCUT2D eigenvalue weighted by Gasteiger charge is 2.16. The number of nitrogens with two attached hydrogens (primary N) is 1. The van der Waals surface area contributed by atoms with Gasteiger partial charge in [-0.3, -0.25) is 0 Å². The molecule has 21 heavy (non-hydrogen) atoms. The van der Waals surface area contributed by atoms with E-state index in [-0.39, 0.29) is 11.3 Å². The molecule has 0 heterocycles. The average Bonchev–Trinajstić information content (AvgIpc) is 2.48. The number of hydrogen-bond acceptors (Lipinski definition) is 3. The van der Waals surface area contributed by atoms with Crippen molar-refractivity contribution in [2.24, 2.45) is 0 Å². The van der Waals surface area contributed by atoms with E-state index in [9.17, 15) is 9.18 Å². The molecule has 5 heteroatoms. The second-order valence-electron chi connectivity index (χ2n) is 4.70. The summed E-state index contributed by atoms with van der Waals surface area (Å²) in [5.74, 6) is -1.96. The molecule has 0 aliphatic rings. The summed E-state index contributed by atoms with van der Waals surface area (Å²) in [6.45, 7) is 0.584. The molecular formula is C16H17FN2O2. The van der Waals surface area contributed by atoms with Gasteiger partial charge in [-0.25, -0.2) is 9.18 Å². The summed E-state index contributed by atoms with van der Waals surface area (Å²) < 4.78 is 13.3. The number of nitrogens with one attached hydrogen (secondary N) is 1. The van der Waals surface area contributed by atoms with E-state index in [2.05, 4.69) is 5.32 Å². The molecule has 0 radical (unpaired) electrons. The Kier molecular flexibility index (Phi) is 4.77. The van der Waals surface area contributed by atoms with Gasteiger partial charge in [-0.1, -0.05) is 30.3 Å². The molecule has 0 saturated carbocycles. The normalized spacial score (nSPS) is 10.3. The lowest BCUT2D eigenvalue weighted by Gasteiger charge is -2.12. The van der Waals surface area contributed by atoms with Gasteiger partial charge in [0.05, 0.1) is 11.4 Å². The van der Waals surface area contributed by atoms with Gasteiger partial charge >= 0.3 is 5.97 Å². The SMILES string of the molecule is Nc1c(F)ccc(NCCCc2ccccc2)c1C(=O)O. The number of nitrogen functional groups attached to an aromatic ring is 1. The standard InChI is InChI=1S/C16H17FN2O2/c17-12-8-9-13(14(15(12)18)16(20)21)19-10-4-7-11-5-2-1-3-6-11/h1-3,5-6,8-9,19H,4,7,10,18H2,(H,20,21). The minimum Gasteiger partial charge on any atom is -0.478 e. The Balaban J connectivity index is 1.97. The van der Waals surface area contributed by atoms with E-state index in [4.69, 9.17) is 10.8 Å². The summed E-state index contributed by atoms with van der Waals surface area (Å²) in [7, 11) is 0. The Bertz CT molecular complexity index is 630. The first-order valence-electron chi connectivity index (χ1n) is 6.68. The topological polar surface area (TPSA) is 75.3 Å². The lowest BCUT2D eigenvalue weighted by Crippen LogP contribution is -2.12. The third kappa shape index (κ3) is 3.72. The largest absolute Gasteiger partial charge is 0.478 e. The quantitative estimate of drug-likeness (QED) is 0.564. The number of aromatic carboxylic acids is 1. The summed E-state index contributed by atoms with van der Waals surface area (Å²) in [5, 5.41) is 12.1. The fraction of sp³-hybridized carbons (Fsp3) is 0.188. The van der Waals surface area contributed by atoms with Crippen molar-refractivity contribution in [3.05, 3.63) is 59.4 Å². The molecule has 0 unspecified atom stereocenters. The molecule has 0 aromatic heterocycles. The van der Waals surface area contributed by atoms with Crippen molar-refractivity contribution < 1.29 is 14.3 Å². The Morgan fingerprint density at radius 3 is 2.57 bits per heavy atom. The second-order valence-corrected chi connectivity index (χ2v) is 4.70. The van der Waals surface area contributed by atoms with Crippen LogP contribution in [0.2, 0.25) is 0 Å². The zero-order valence-electron chi connectivity index (χ0n) is 11.5. The highest BCUT2D eigenvalue weighted by atomic mass is 19.1. The molecule has 0 aliphatic carbocycles. The van der Waals surface area contributed by atoms with Crippen molar-refractivity contribution in [1.82, 2.24) is 0 Å². The van der Waals surface area contributed by atoms with Crippen LogP contribution >= 0.6 is 0 Å². The number of rotatable bonds is 6. The molecule has 4 nitrogen and oxygen atoms in total. The van der Waals surface area contributed by atoms with E-state index in [1.165, 1.54) is 17.7 Å². The van der Waals surface area contributed by atoms with Gasteiger partial charge in [0, 0.05) is 6.54 Å². The third-order valence-corrected chi connectivity index (χ3v) is 3.21. The summed E-state index contributed by atoms with van der Waals surface area (Å²) in [5.41, 5.74) is 6.49. The number of benzene rings is 2. The number of aryl methyl sites for hydroxylation is 1. The minimum absolute atomic E-state index is 0.213. The highest BCUT2D eigenvalue weighted by Crippen LogP contribution is 2.25. The monoisotopic (exact) mass is 288 g/mol. The van der Waals surface area contributed by atoms with Gasteiger partial charge in [0.2, 0.25) is 0 Å². The molecule has 4 N–H and O–H groups in total. The maximum atomic E-state index is 13.3. The molecule has 0 bridgehead atoms. The van der Waals surface area contributed by atoms with Crippen LogP contribution in [0.5, 0.6) is 0 Å². The van der Waals surface area contributed by atoms with Crippen LogP contribution < -0.4 is 11.1 Å². The van der Waals surface area contributed by atoms with Gasteiger partial charge in [-0.15, -0.1) is 0 Å². The van der Waals surface area contributed by atoms with Gasteiger partial charge in [0.15, 0.2) is 0 Å². The molecule has 2 rings (SSSR count). The van der Waals surface area contributed by atoms with Crippen molar-refractivity contribution in [2.75, 3.05) is 17.6 Å². The first-order valence-corrected chi connectivity index (χ1v) is 6.68. The zero-order chi connectivity index (χ0) is 15.2. The fourth-order valence-corrected chi connectivity index (χ4v) is 2.13. The van der Waals surface area contributed by atoms with Crippen LogP contribution in [-0.4, -0.2) is 17.6 Å². The van der Waals surface area contributed by atoms with E-state index in [0.717, 1.165) is 12.8 Å². The van der Waals surface area contributed by atoms with Gasteiger partial charge in [-0.2, -0.15) is 0 Å². The van der Waals surface area contributed by atoms with E-state index in [0.29, 0.717) is 12.2 Å². The Labute approximate surface area is 122 Å². The Morgan fingerprint density at radius 1 is 1.19 bits per heavy atom. The second kappa shape index (κ2) is 6.74. The molecule has 0 aliphatic heterocycles. The maximum Gasteiger partial charge on any atom is 0.340 e. The van der Waals surface area contributed by atoms with E-state index >= 15 is 0 Å². The molecule has 0 fully saturated rings. The van der Waals surface area contributed by atoms with Gasteiger partial charge in [0.1, 0.15) is 11.4 Å². The third-order valence-electron chi connectivity index (χ3n) is 3.21. The first kappa shape index (κ1) is 14.8. The van der Waals surface area contributed by atoms with Crippen LogP contribution in [0.3, 0.4) is 0 Å². The van der Waals surface area contributed by atoms with E-state index in [1.54, 1.807) is 0 Å². The highest BCUT2D eigenvalue weighted by molar-refractivity contribution is 6.00. The minimum atomic E-state index is -1.24. The molecule has 0 amide bonds. The fourth-order valence-electron chi connectivity index (χ4n) is 2.13. The van der Waals surface area contributed by atoms with Gasteiger partial charge in [0.25, 0.3) is 0 Å². The zero-order valence-corrected chi connectivity index (χ0v) is 11.5. The summed E-state index contributed by atoms with van der Waals surface area (Å²) in [6.07, 6.45) is 1.72. The molecule has 0 spiro atoms. The number of carboxylic acid groups (broad SMARTS) is 1. The predicted molar refractivity (Wildman–Crippen MR) is 81.0 cm³/mol. The van der Waals surface area contributed by atoms with Gasteiger partial charge in [-0.05, 0) is 30.5 Å². The van der Waals surface area contributed by atoms with Crippen LogP contribution in [0.25, 0.3) is 0 Å². The summed E-state index contributed by atoms with van der Waals surface area (Å²) in [4.78, 5) is 11.2. The predicted octanol–water partition coefficient (Wildman–Crippen LogP) is 3.15. The molecule has 110 valence electrons. The van der Waals surface area contributed by atoms with Crippen molar-refractivity contribution in [3.8, 4) is 0 Å². The van der Waals surface area contributed by atoms with Crippen molar-refractivity contribution in [3.63, 3.8) is 0 Å². The van der Waals surface area contributed by atoms with Crippen LogP contribution in [0.4, 0.5) is 15.8 Å². The Morgan fingerprint density at radius 2 is 1.90 bits per heavy atom. The maximum absolute atomic E-state index is 13.3. The molecular weight excluding hydrogens is 271 g/mol. The Hall–Kier alpha value is -2.56. The van der Waals surface area contributed by atoms with Crippen LogP contribution in [0.15, 0.2) is 42.5 Å². The van der Waals surface area contributed by atoms with Gasteiger partial charge < -0.3 is 16.2 Å². The lowest BCUT2D eigenvalue weighted by molar-refractivity contribution is 0.0698. The summed E-state index contributed by atoms with van der Waals surface area (Å²) >= 11 is 0. The van der Waals surface area contributed by atoms with E-state index < -0.39 is 11.8 Å². The molecule has 2 aromatic rings. The number of carboxylic acids is 1. The van der Waals surface area contributed by atoms with Crippen LogP contribution in [-0.2, 0) is 6.42 Å².